The maximum atomic E-state index is 12.0. The van der Waals surface area contributed by atoms with E-state index in [0.29, 0.717) is 17.4 Å². The van der Waals surface area contributed by atoms with Crippen LogP contribution in [-0.2, 0) is 4.74 Å². The lowest BCUT2D eigenvalue weighted by atomic mass is 10.0. The van der Waals surface area contributed by atoms with Crippen LogP contribution in [0.1, 0.15) is 47.1 Å². The Kier molecular flexibility index (Phi) is 4.30. The first kappa shape index (κ1) is 14.7. The van der Waals surface area contributed by atoms with E-state index < -0.39 is 11.6 Å². The van der Waals surface area contributed by atoms with Gasteiger partial charge in [0.2, 0.25) is 0 Å². The molecule has 0 aliphatic rings. The highest BCUT2D eigenvalue weighted by Gasteiger charge is 2.21. The van der Waals surface area contributed by atoms with E-state index in [1.54, 1.807) is 27.7 Å². The van der Waals surface area contributed by atoms with Crippen LogP contribution < -0.4 is 0 Å². The van der Waals surface area contributed by atoms with Gasteiger partial charge in [0.1, 0.15) is 11.9 Å². The summed E-state index contributed by atoms with van der Waals surface area (Å²) in [7, 11) is 0. The Balaban J connectivity index is 3.33. The van der Waals surface area contributed by atoms with Gasteiger partial charge >= 0.3 is 5.97 Å². The molecule has 19 heavy (non-hydrogen) atoms. The number of hydrogen-bond donors (Lipinski definition) is 0. The summed E-state index contributed by atoms with van der Waals surface area (Å²) in [5.41, 5.74) is 9.01. The van der Waals surface area contributed by atoms with Gasteiger partial charge in [0.15, 0.2) is 0 Å². The Morgan fingerprint density at radius 1 is 1.42 bits per heavy atom. The molecule has 0 spiro atoms. The molecule has 0 atom stereocenters. The van der Waals surface area contributed by atoms with Crippen molar-refractivity contribution in [1.29, 1.82) is 0 Å². The van der Waals surface area contributed by atoms with Gasteiger partial charge < -0.3 is 4.74 Å². The number of aldehydes is 1. The fourth-order valence-corrected chi connectivity index (χ4v) is 1.50. The van der Waals surface area contributed by atoms with Gasteiger partial charge in [0, 0.05) is 16.2 Å². The van der Waals surface area contributed by atoms with Crippen molar-refractivity contribution in [2.45, 2.75) is 33.3 Å². The average molecular weight is 261 g/mol. The fraction of sp³-hybridized carbons (Fsp3) is 0.385. The van der Waals surface area contributed by atoms with Crippen LogP contribution >= 0.6 is 0 Å². The van der Waals surface area contributed by atoms with Gasteiger partial charge in [0.25, 0.3) is 0 Å². The second kappa shape index (κ2) is 5.54. The first-order chi connectivity index (χ1) is 8.78. The van der Waals surface area contributed by atoms with E-state index in [0.717, 1.165) is 0 Å². The Labute approximate surface area is 111 Å². The molecule has 0 unspecified atom stereocenters. The predicted octanol–water partition coefficient (Wildman–Crippen LogP) is 3.70. The van der Waals surface area contributed by atoms with E-state index in [4.69, 9.17) is 10.3 Å². The molecule has 0 aliphatic heterocycles. The molecule has 1 aromatic carbocycles. The van der Waals surface area contributed by atoms with Gasteiger partial charge in [-0.25, -0.2) is 4.79 Å². The number of azide groups is 1. The number of hydrogen-bond acceptors (Lipinski definition) is 4. The van der Waals surface area contributed by atoms with Gasteiger partial charge in [-0.3, -0.25) is 4.79 Å². The van der Waals surface area contributed by atoms with Crippen molar-refractivity contribution in [2.75, 3.05) is 0 Å². The highest BCUT2D eigenvalue weighted by Crippen LogP contribution is 2.24. The minimum absolute atomic E-state index is 0.205. The van der Waals surface area contributed by atoms with Crippen molar-refractivity contribution in [3.05, 3.63) is 39.3 Å². The molecule has 0 amide bonds. The number of benzene rings is 1. The second-order valence-corrected chi connectivity index (χ2v) is 5.02. The van der Waals surface area contributed by atoms with E-state index in [-0.39, 0.29) is 11.3 Å². The molecule has 0 bridgehead atoms. The Hall–Kier alpha value is -2.33. The second-order valence-electron chi connectivity index (χ2n) is 5.02. The van der Waals surface area contributed by atoms with E-state index in [1.807, 2.05) is 0 Å². The Bertz CT molecular complexity index is 567. The van der Waals surface area contributed by atoms with Crippen LogP contribution in [0, 0.1) is 6.92 Å². The quantitative estimate of drug-likeness (QED) is 0.273. The van der Waals surface area contributed by atoms with Crippen LogP contribution in [0.25, 0.3) is 10.4 Å². The van der Waals surface area contributed by atoms with Gasteiger partial charge in [-0.15, -0.1) is 0 Å². The summed E-state index contributed by atoms with van der Waals surface area (Å²) >= 11 is 0. The lowest BCUT2D eigenvalue weighted by Gasteiger charge is -2.20. The first-order valence-corrected chi connectivity index (χ1v) is 5.67. The molecule has 1 aromatic rings. The first-order valence-electron chi connectivity index (χ1n) is 5.67. The summed E-state index contributed by atoms with van der Waals surface area (Å²) in [6, 6.07) is 2.84. The smallest absolute Gasteiger partial charge is 0.338 e. The Morgan fingerprint density at radius 3 is 2.53 bits per heavy atom. The molecule has 0 aromatic heterocycles. The minimum atomic E-state index is -0.640. The van der Waals surface area contributed by atoms with Crippen LogP contribution in [-0.4, -0.2) is 17.9 Å². The van der Waals surface area contributed by atoms with Crippen molar-refractivity contribution in [2.24, 2.45) is 5.11 Å². The molecular formula is C13H15N3O3. The SMILES string of the molecule is Cc1c(C=O)cc(N=[N+]=[N-])cc1C(=O)OC(C)(C)C. The summed E-state index contributed by atoms with van der Waals surface area (Å²) in [6.45, 7) is 6.89. The number of nitrogens with zero attached hydrogens (tertiary/aromatic N) is 3. The minimum Gasteiger partial charge on any atom is -0.456 e. The lowest BCUT2D eigenvalue weighted by Crippen LogP contribution is -2.24. The van der Waals surface area contributed by atoms with Crippen molar-refractivity contribution in [1.82, 2.24) is 0 Å². The molecule has 1 rings (SSSR count). The molecule has 6 heteroatoms. The zero-order chi connectivity index (χ0) is 14.6. The largest absolute Gasteiger partial charge is 0.456 e. The maximum absolute atomic E-state index is 12.0. The number of esters is 1. The van der Waals surface area contributed by atoms with Crippen molar-refractivity contribution >= 4 is 17.9 Å². The van der Waals surface area contributed by atoms with Crippen molar-refractivity contribution in [3.63, 3.8) is 0 Å². The molecule has 0 saturated carbocycles. The van der Waals surface area contributed by atoms with E-state index in [9.17, 15) is 9.59 Å². The molecule has 6 nitrogen and oxygen atoms in total. The van der Waals surface area contributed by atoms with E-state index in [1.165, 1.54) is 12.1 Å². The molecular weight excluding hydrogens is 246 g/mol. The van der Waals surface area contributed by atoms with Crippen LogP contribution in [0.2, 0.25) is 0 Å². The summed E-state index contributed by atoms with van der Waals surface area (Å²) in [5, 5.41) is 3.41. The van der Waals surface area contributed by atoms with E-state index >= 15 is 0 Å². The normalized spacial score (nSPS) is 10.5. The predicted molar refractivity (Wildman–Crippen MR) is 70.5 cm³/mol. The number of carbonyl (C=O) groups excluding carboxylic acids is 2. The summed E-state index contributed by atoms with van der Waals surface area (Å²) in [5.74, 6) is -0.553. The zero-order valence-electron chi connectivity index (χ0n) is 11.3. The zero-order valence-corrected chi connectivity index (χ0v) is 11.3. The molecule has 0 N–H and O–H groups in total. The molecule has 0 aliphatic carbocycles. The monoisotopic (exact) mass is 261 g/mol. The third-order valence-electron chi connectivity index (χ3n) is 2.34. The third-order valence-corrected chi connectivity index (χ3v) is 2.34. The Morgan fingerprint density at radius 2 is 2.05 bits per heavy atom. The lowest BCUT2D eigenvalue weighted by molar-refractivity contribution is 0.00688. The standard InChI is InChI=1S/C13H15N3O3/c1-8-9(7-17)5-10(15-16-14)6-11(8)12(18)19-13(2,3)4/h5-7H,1-4H3. The molecule has 0 saturated heterocycles. The number of carbonyl (C=O) groups is 2. The number of rotatable bonds is 3. The molecule has 0 heterocycles. The number of ether oxygens (including phenoxy) is 1. The fourth-order valence-electron chi connectivity index (χ4n) is 1.50. The maximum Gasteiger partial charge on any atom is 0.338 e. The van der Waals surface area contributed by atoms with Crippen molar-refractivity contribution in [3.8, 4) is 0 Å². The molecule has 0 radical (unpaired) electrons. The molecule has 100 valence electrons. The highest BCUT2D eigenvalue weighted by molar-refractivity contribution is 5.95. The van der Waals surface area contributed by atoms with Crippen LogP contribution in [0.15, 0.2) is 17.2 Å². The topological polar surface area (TPSA) is 92.1 Å². The van der Waals surface area contributed by atoms with Crippen LogP contribution in [0.5, 0.6) is 0 Å². The van der Waals surface area contributed by atoms with Crippen LogP contribution in [0.4, 0.5) is 5.69 Å². The highest BCUT2D eigenvalue weighted by atomic mass is 16.6. The van der Waals surface area contributed by atoms with Crippen LogP contribution in [0.3, 0.4) is 0 Å². The van der Waals surface area contributed by atoms with E-state index in [2.05, 4.69) is 10.0 Å². The van der Waals surface area contributed by atoms with Gasteiger partial charge in [-0.2, -0.15) is 0 Å². The van der Waals surface area contributed by atoms with Gasteiger partial charge in [0.05, 0.1) is 5.56 Å². The van der Waals surface area contributed by atoms with Crippen molar-refractivity contribution < 1.29 is 14.3 Å². The third kappa shape index (κ3) is 3.82. The summed E-state index contributed by atoms with van der Waals surface area (Å²) in [6.07, 6.45) is 0.611. The summed E-state index contributed by atoms with van der Waals surface area (Å²) in [4.78, 5) is 25.6. The molecule has 0 fully saturated rings. The van der Waals surface area contributed by atoms with Gasteiger partial charge in [-0.05, 0) is 50.9 Å². The average Bonchev–Trinajstić information content (AvgIpc) is 2.29. The summed E-state index contributed by atoms with van der Waals surface area (Å²) < 4.78 is 5.25. The van der Waals surface area contributed by atoms with Gasteiger partial charge in [-0.1, -0.05) is 5.11 Å².